The molecule has 1 aliphatic heterocycles. The van der Waals surface area contributed by atoms with Crippen LogP contribution in [0.4, 0.5) is 5.82 Å². The maximum absolute atomic E-state index is 12.8. The molecule has 0 aliphatic carbocycles. The van der Waals surface area contributed by atoms with E-state index in [1.807, 2.05) is 4.90 Å². The number of amides is 2. The van der Waals surface area contributed by atoms with Gasteiger partial charge in [-0.1, -0.05) is 11.6 Å². The molecule has 2 amide bonds. The third-order valence-electron chi connectivity index (χ3n) is 5.81. The number of hydrogen-bond donors (Lipinski definition) is 2. The fourth-order valence-electron chi connectivity index (χ4n) is 4.04. The van der Waals surface area contributed by atoms with Crippen molar-refractivity contribution in [2.24, 2.45) is 13.0 Å². The second kappa shape index (κ2) is 9.64. The number of nitrogens with one attached hydrogen (secondary N) is 1. The van der Waals surface area contributed by atoms with Crippen molar-refractivity contribution in [2.45, 2.75) is 52.5 Å². The van der Waals surface area contributed by atoms with Crippen molar-refractivity contribution in [1.82, 2.24) is 30.0 Å². The van der Waals surface area contributed by atoms with Crippen LogP contribution in [-0.2, 0) is 18.3 Å². The van der Waals surface area contributed by atoms with Crippen molar-refractivity contribution in [3.05, 3.63) is 34.0 Å². The summed E-state index contributed by atoms with van der Waals surface area (Å²) in [5.41, 5.74) is 7.92. The van der Waals surface area contributed by atoms with Gasteiger partial charge in [-0.2, -0.15) is 5.10 Å². The highest BCUT2D eigenvalue weighted by Crippen LogP contribution is 2.26. The number of nitrogen functional groups attached to an aromatic ring is 1. The summed E-state index contributed by atoms with van der Waals surface area (Å²) in [5, 5.41) is 7.39. The lowest BCUT2D eigenvalue weighted by atomic mass is 9.90. The summed E-state index contributed by atoms with van der Waals surface area (Å²) in [6, 6.07) is -0.591. The molecular formula is C21H30ClN7O2. The number of carbonyl (C=O) groups is 2. The Labute approximate surface area is 187 Å². The lowest BCUT2D eigenvalue weighted by Crippen LogP contribution is -2.49. The summed E-state index contributed by atoms with van der Waals surface area (Å²) in [5.74, 6) is 1.14. The van der Waals surface area contributed by atoms with Gasteiger partial charge in [-0.15, -0.1) is 0 Å². The average Bonchev–Trinajstić information content (AvgIpc) is 3.05. The van der Waals surface area contributed by atoms with E-state index in [0.717, 1.165) is 31.2 Å². The van der Waals surface area contributed by atoms with E-state index in [-0.39, 0.29) is 11.8 Å². The van der Waals surface area contributed by atoms with Crippen molar-refractivity contribution in [2.75, 3.05) is 18.8 Å². The molecule has 2 aromatic heterocycles. The van der Waals surface area contributed by atoms with Crippen LogP contribution in [0.3, 0.4) is 0 Å². The van der Waals surface area contributed by atoms with Crippen LogP contribution < -0.4 is 11.1 Å². The number of hydrogen-bond acceptors (Lipinski definition) is 6. The molecule has 0 aromatic carbocycles. The van der Waals surface area contributed by atoms with Gasteiger partial charge in [-0.25, -0.2) is 9.97 Å². The molecule has 1 atom stereocenters. The SMILES string of the molecule is Cc1nc(N)c(CCC2CCN(C(=O)C(C)NC(=O)c3cn(C)nc3C)CC2)c(Cl)n1. The molecule has 3 rings (SSSR count). The molecule has 1 fully saturated rings. The molecule has 1 saturated heterocycles. The van der Waals surface area contributed by atoms with Gasteiger partial charge >= 0.3 is 0 Å². The van der Waals surface area contributed by atoms with Gasteiger partial charge in [0.1, 0.15) is 22.8 Å². The molecule has 0 saturated carbocycles. The molecule has 31 heavy (non-hydrogen) atoms. The third kappa shape index (κ3) is 5.52. The van der Waals surface area contributed by atoms with Crippen LogP contribution >= 0.6 is 11.6 Å². The first-order chi connectivity index (χ1) is 14.7. The quantitative estimate of drug-likeness (QED) is 0.654. The van der Waals surface area contributed by atoms with Crippen LogP contribution in [0.2, 0.25) is 5.15 Å². The van der Waals surface area contributed by atoms with Crippen molar-refractivity contribution in [3.8, 4) is 0 Å². The number of carbonyl (C=O) groups excluding carboxylic acids is 2. The number of nitrogens with zero attached hydrogens (tertiary/aromatic N) is 5. The van der Waals surface area contributed by atoms with Crippen molar-refractivity contribution in [1.29, 1.82) is 0 Å². The Morgan fingerprint density at radius 1 is 1.29 bits per heavy atom. The molecule has 9 nitrogen and oxygen atoms in total. The molecule has 168 valence electrons. The van der Waals surface area contributed by atoms with Crippen molar-refractivity contribution >= 4 is 29.2 Å². The highest BCUT2D eigenvalue weighted by atomic mass is 35.5. The molecule has 1 unspecified atom stereocenters. The second-order valence-corrected chi connectivity index (χ2v) is 8.59. The number of rotatable bonds is 6. The first kappa shape index (κ1) is 23.0. The third-order valence-corrected chi connectivity index (χ3v) is 6.12. The predicted octanol–water partition coefficient (Wildman–Crippen LogP) is 2.05. The predicted molar refractivity (Wildman–Crippen MR) is 119 cm³/mol. The Balaban J connectivity index is 1.48. The number of likely N-dealkylation sites (tertiary alicyclic amines) is 1. The minimum absolute atomic E-state index is 0.0624. The maximum Gasteiger partial charge on any atom is 0.255 e. The molecule has 0 spiro atoms. The number of nitrogens with two attached hydrogens (primary N) is 1. The topological polar surface area (TPSA) is 119 Å². The van der Waals surface area contributed by atoms with Gasteiger partial charge < -0.3 is 16.0 Å². The van der Waals surface area contributed by atoms with Crippen LogP contribution in [0.1, 0.15) is 53.6 Å². The van der Waals surface area contributed by atoms with E-state index in [2.05, 4.69) is 20.4 Å². The first-order valence-electron chi connectivity index (χ1n) is 10.5. The maximum atomic E-state index is 12.8. The van der Waals surface area contributed by atoms with Crippen molar-refractivity contribution < 1.29 is 9.59 Å². The van der Waals surface area contributed by atoms with E-state index in [1.54, 1.807) is 38.7 Å². The van der Waals surface area contributed by atoms with E-state index >= 15 is 0 Å². The highest BCUT2D eigenvalue weighted by Gasteiger charge is 2.28. The lowest BCUT2D eigenvalue weighted by Gasteiger charge is -2.33. The molecule has 1 aliphatic rings. The Kier molecular flexibility index (Phi) is 7.15. The minimum Gasteiger partial charge on any atom is -0.383 e. The molecule has 2 aromatic rings. The Hall–Kier alpha value is -2.68. The van der Waals surface area contributed by atoms with E-state index < -0.39 is 6.04 Å². The fourth-order valence-corrected chi connectivity index (χ4v) is 4.35. The van der Waals surface area contributed by atoms with Crippen LogP contribution in [0, 0.1) is 19.8 Å². The number of aromatic nitrogens is 4. The van der Waals surface area contributed by atoms with Gasteiger partial charge in [0, 0.05) is 31.9 Å². The zero-order chi connectivity index (χ0) is 22.7. The zero-order valence-corrected chi connectivity index (χ0v) is 19.2. The summed E-state index contributed by atoms with van der Waals surface area (Å²) >= 11 is 6.23. The largest absolute Gasteiger partial charge is 0.383 e. The van der Waals surface area contributed by atoms with E-state index in [9.17, 15) is 9.59 Å². The van der Waals surface area contributed by atoms with Crippen LogP contribution in [-0.4, -0.2) is 55.6 Å². The minimum atomic E-state index is -0.591. The number of aryl methyl sites for hydroxylation is 3. The van der Waals surface area contributed by atoms with Gasteiger partial charge in [0.25, 0.3) is 5.91 Å². The van der Waals surface area contributed by atoms with E-state index in [4.69, 9.17) is 17.3 Å². The van der Waals surface area contributed by atoms with E-state index in [1.165, 1.54) is 0 Å². The number of piperidine rings is 1. The summed E-state index contributed by atoms with van der Waals surface area (Å²) < 4.78 is 1.59. The lowest BCUT2D eigenvalue weighted by molar-refractivity contribution is -0.134. The fraction of sp³-hybridized carbons (Fsp3) is 0.571. The van der Waals surface area contributed by atoms with E-state index in [0.29, 0.717) is 47.1 Å². The summed E-state index contributed by atoms with van der Waals surface area (Å²) in [6.45, 7) is 6.60. The molecule has 3 heterocycles. The summed E-state index contributed by atoms with van der Waals surface area (Å²) in [4.78, 5) is 35.5. The first-order valence-corrected chi connectivity index (χ1v) is 10.9. The Morgan fingerprint density at radius 3 is 2.55 bits per heavy atom. The number of anilines is 1. The van der Waals surface area contributed by atoms with Gasteiger partial charge in [0.15, 0.2) is 0 Å². The molecule has 10 heteroatoms. The zero-order valence-electron chi connectivity index (χ0n) is 18.5. The van der Waals surface area contributed by atoms with Crippen LogP contribution in [0.5, 0.6) is 0 Å². The molecular weight excluding hydrogens is 418 g/mol. The second-order valence-electron chi connectivity index (χ2n) is 8.23. The smallest absolute Gasteiger partial charge is 0.255 e. The molecule has 0 radical (unpaired) electrons. The Morgan fingerprint density at radius 2 is 1.97 bits per heavy atom. The summed E-state index contributed by atoms with van der Waals surface area (Å²) in [7, 11) is 1.76. The summed E-state index contributed by atoms with van der Waals surface area (Å²) in [6.07, 6.45) is 5.10. The molecule has 3 N–H and O–H groups in total. The average molecular weight is 448 g/mol. The van der Waals surface area contributed by atoms with Crippen LogP contribution in [0.15, 0.2) is 6.20 Å². The molecule has 0 bridgehead atoms. The monoisotopic (exact) mass is 447 g/mol. The highest BCUT2D eigenvalue weighted by molar-refractivity contribution is 6.30. The van der Waals surface area contributed by atoms with Gasteiger partial charge in [-0.05, 0) is 52.4 Å². The Bertz CT molecular complexity index is 944. The van der Waals surface area contributed by atoms with Crippen molar-refractivity contribution in [3.63, 3.8) is 0 Å². The standard InChI is InChI=1S/C21H30ClN7O2/c1-12-17(11-28(4)27-12)20(30)24-13(2)21(31)29-9-7-15(8-10-29)5-6-16-18(22)25-14(3)26-19(16)23/h11,13,15H,5-10H2,1-4H3,(H,24,30)(H2,23,25,26). The van der Waals surface area contributed by atoms with Crippen LogP contribution in [0.25, 0.3) is 0 Å². The van der Waals surface area contributed by atoms with Gasteiger partial charge in [0.2, 0.25) is 5.91 Å². The van der Waals surface area contributed by atoms with Gasteiger partial charge in [-0.3, -0.25) is 14.3 Å². The normalized spacial score (nSPS) is 15.7. The number of halogens is 1. The van der Waals surface area contributed by atoms with Gasteiger partial charge in [0.05, 0.1) is 11.3 Å².